The Kier molecular flexibility index (Phi) is 5.40. The van der Waals surface area contributed by atoms with Crippen LogP contribution in [0.1, 0.15) is 18.4 Å². The van der Waals surface area contributed by atoms with Crippen LogP contribution in [0.5, 0.6) is 0 Å². The first-order chi connectivity index (χ1) is 10.1. The van der Waals surface area contributed by atoms with E-state index in [4.69, 9.17) is 10.2 Å². The Bertz CT molecular complexity index is 567. The monoisotopic (exact) mass is 287 g/mol. The number of anilines is 2. The Hall–Kier alpha value is -2.27. The molecule has 21 heavy (non-hydrogen) atoms. The summed E-state index contributed by atoms with van der Waals surface area (Å²) >= 11 is 0. The highest BCUT2D eigenvalue weighted by atomic mass is 16.3. The molecular weight excluding hydrogens is 266 g/mol. The highest BCUT2D eigenvalue weighted by Crippen LogP contribution is 2.17. The zero-order chi connectivity index (χ0) is 15.1. The summed E-state index contributed by atoms with van der Waals surface area (Å²) in [6, 6.07) is 9.22. The lowest BCUT2D eigenvalue weighted by Crippen LogP contribution is -2.21. The molecule has 0 radical (unpaired) electrons. The van der Waals surface area contributed by atoms with Gasteiger partial charge in [0.25, 0.3) is 0 Å². The number of nitrogens with one attached hydrogen (secondary N) is 1. The summed E-state index contributed by atoms with van der Waals surface area (Å²) < 4.78 is 5.03. The molecular formula is C16H21N3O2. The van der Waals surface area contributed by atoms with Gasteiger partial charge in [-0.25, -0.2) is 0 Å². The molecule has 0 saturated carbocycles. The van der Waals surface area contributed by atoms with Crippen LogP contribution < -0.4 is 11.1 Å². The number of benzene rings is 1. The fraction of sp³-hybridized carbons (Fsp3) is 0.312. The highest BCUT2D eigenvalue weighted by molar-refractivity contribution is 5.93. The number of furan rings is 1. The normalized spacial score (nSPS) is 10.8. The van der Waals surface area contributed by atoms with E-state index in [1.54, 1.807) is 24.7 Å². The average Bonchev–Trinajstić information content (AvgIpc) is 2.94. The molecule has 1 aromatic heterocycles. The summed E-state index contributed by atoms with van der Waals surface area (Å²) in [6.45, 7) is 1.67. The topological polar surface area (TPSA) is 71.5 Å². The number of hydrogen-bond donors (Lipinski definition) is 2. The maximum atomic E-state index is 11.9. The van der Waals surface area contributed by atoms with Crippen LogP contribution in [-0.4, -0.2) is 24.4 Å². The van der Waals surface area contributed by atoms with Gasteiger partial charge in [-0.15, -0.1) is 0 Å². The second-order valence-electron chi connectivity index (χ2n) is 5.11. The SMILES string of the molecule is CN(CCCC(=O)Nc1ccccc1N)Cc1ccoc1. The summed E-state index contributed by atoms with van der Waals surface area (Å²) in [7, 11) is 2.03. The van der Waals surface area contributed by atoms with E-state index in [0.29, 0.717) is 17.8 Å². The molecule has 1 amide bonds. The summed E-state index contributed by atoms with van der Waals surface area (Å²) in [4.78, 5) is 14.0. The number of nitrogens with zero attached hydrogens (tertiary/aromatic N) is 1. The van der Waals surface area contributed by atoms with Crippen molar-refractivity contribution in [3.8, 4) is 0 Å². The van der Waals surface area contributed by atoms with Crippen molar-refractivity contribution in [3.05, 3.63) is 48.4 Å². The maximum absolute atomic E-state index is 11.9. The minimum absolute atomic E-state index is 0.00962. The lowest BCUT2D eigenvalue weighted by molar-refractivity contribution is -0.116. The largest absolute Gasteiger partial charge is 0.472 e. The molecule has 0 aliphatic rings. The zero-order valence-corrected chi connectivity index (χ0v) is 12.2. The number of carbonyl (C=O) groups excluding carboxylic acids is 1. The Morgan fingerprint density at radius 3 is 2.86 bits per heavy atom. The van der Waals surface area contributed by atoms with Crippen LogP contribution >= 0.6 is 0 Å². The van der Waals surface area contributed by atoms with E-state index in [-0.39, 0.29) is 5.91 Å². The van der Waals surface area contributed by atoms with E-state index in [2.05, 4.69) is 10.2 Å². The predicted molar refractivity (Wildman–Crippen MR) is 83.8 cm³/mol. The van der Waals surface area contributed by atoms with Gasteiger partial charge in [-0.2, -0.15) is 0 Å². The lowest BCUT2D eigenvalue weighted by atomic mass is 10.2. The van der Waals surface area contributed by atoms with Crippen molar-refractivity contribution in [2.45, 2.75) is 19.4 Å². The molecule has 0 saturated heterocycles. The van der Waals surface area contributed by atoms with Crippen molar-refractivity contribution >= 4 is 17.3 Å². The van der Waals surface area contributed by atoms with Gasteiger partial charge in [0.05, 0.1) is 23.9 Å². The third kappa shape index (κ3) is 4.96. The standard InChI is InChI=1S/C16H21N3O2/c1-19(11-13-8-10-21-12-13)9-4-7-16(20)18-15-6-3-2-5-14(15)17/h2-3,5-6,8,10,12H,4,7,9,11,17H2,1H3,(H,18,20). The van der Waals surface area contributed by atoms with Gasteiger partial charge in [-0.1, -0.05) is 12.1 Å². The van der Waals surface area contributed by atoms with E-state index >= 15 is 0 Å². The first kappa shape index (κ1) is 15.1. The third-order valence-corrected chi connectivity index (χ3v) is 3.21. The summed E-state index contributed by atoms with van der Waals surface area (Å²) in [6.07, 6.45) is 4.68. The maximum Gasteiger partial charge on any atom is 0.224 e. The van der Waals surface area contributed by atoms with E-state index in [1.165, 1.54) is 0 Å². The molecule has 0 aliphatic carbocycles. The number of amides is 1. The number of carbonyl (C=O) groups is 1. The molecule has 3 N–H and O–H groups in total. The molecule has 5 heteroatoms. The van der Waals surface area contributed by atoms with Crippen molar-refractivity contribution in [2.24, 2.45) is 0 Å². The quantitative estimate of drug-likeness (QED) is 0.768. The van der Waals surface area contributed by atoms with Crippen LogP contribution in [0.4, 0.5) is 11.4 Å². The number of hydrogen-bond acceptors (Lipinski definition) is 4. The van der Waals surface area contributed by atoms with Crippen molar-refractivity contribution in [1.82, 2.24) is 4.90 Å². The van der Waals surface area contributed by atoms with Gasteiger partial charge in [0.2, 0.25) is 5.91 Å². The van der Waals surface area contributed by atoms with Crippen molar-refractivity contribution in [1.29, 1.82) is 0 Å². The van der Waals surface area contributed by atoms with E-state index in [9.17, 15) is 4.79 Å². The van der Waals surface area contributed by atoms with Gasteiger partial charge in [0.1, 0.15) is 0 Å². The summed E-state index contributed by atoms with van der Waals surface area (Å²) in [5.41, 5.74) is 8.19. The van der Waals surface area contributed by atoms with Gasteiger partial charge in [-0.05, 0) is 38.2 Å². The van der Waals surface area contributed by atoms with Crippen LogP contribution in [0.25, 0.3) is 0 Å². The minimum atomic E-state index is -0.00962. The first-order valence-electron chi connectivity index (χ1n) is 6.99. The third-order valence-electron chi connectivity index (χ3n) is 3.21. The Labute approximate surface area is 124 Å². The number of para-hydroxylation sites is 2. The predicted octanol–water partition coefficient (Wildman–Crippen LogP) is 2.71. The molecule has 1 heterocycles. The van der Waals surface area contributed by atoms with E-state index in [0.717, 1.165) is 25.1 Å². The molecule has 0 spiro atoms. The lowest BCUT2D eigenvalue weighted by Gasteiger charge is -2.15. The van der Waals surface area contributed by atoms with Crippen LogP contribution in [0.3, 0.4) is 0 Å². The van der Waals surface area contributed by atoms with Crippen LogP contribution in [0.15, 0.2) is 47.3 Å². The summed E-state index contributed by atoms with van der Waals surface area (Å²) in [5.74, 6) is -0.00962. The molecule has 112 valence electrons. The Morgan fingerprint density at radius 2 is 2.14 bits per heavy atom. The van der Waals surface area contributed by atoms with Gasteiger partial charge < -0.3 is 20.4 Å². The molecule has 0 atom stereocenters. The Balaban J connectivity index is 1.68. The fourth-order valence-electron chi connectivity index (χ4n) is 2.11. The second-order valence-corrected chi connectivity index (χ2v) is 5.11. The van der Waals surface area contributed by atoms with Crippen LogP contribution in [0.2, 0.25) is 0 Å². The van der Waals surface area contributed by atoms with Crippen molar-refractivity contribution in [2.75, 3.05) is 24.6 Å². The molecule has 0 unspecified atom stereocenters. The fourth-order valence-corrected chi connectivity index (χ4v) is 2.11. The van der Waals surface area contributed by atoms with Gasteiger partial charge in [0.15, 0.2) is 0 Å². The van der Waals surface area contributed by atoms with E-state index < -0.39 is 0 Å². The molecule has 0 fully saturated rings. The number of nitrogen functional groups attached to an aromatic ring is 1. The average molecular weight is 287 g/mol. The van der Waals surface area contributed by atoms with Gasteiger partial charge >= 0.3 is 0 Å². The first-order valence-corrected chi connectivity index (χ1v) is 6.99. The van der Waals surface area contributed by atoms with Gasteiger partial charge in [0, 0.05) is 18.5 Å². The number of rotatable bonds is 7. The smallest absolute Gasteiger partial charge is 0.224 e. The number of nitrogens with two attached hydrogens (primary N) is 1. The molecule has 1 aromatic carbocycles. The molecule has 2 aromatic rings. The highest BCUT2D eigenvalue weighted by Gasteiger charge is 2.06. The molecule has 0 aliphatic heterocycles. The zero-order valence-electron chi connectivity index (χ0n) is 12.2. The van der Waals surface area contributed by atoms with Crippen molar-refractivity contribution in [3.63, 3.8) is 0 Å². The summed E-state index contributed by atoms with van der Waals surface area (Å²) in [5, 5.41) is 2.83. The van der Waals surface area contributed by atoms with Crippen LogP contribution in [0, 0.1) is 0 Å². The molecule has 2 rings (SSSR count). The Morgan fingerprint density at radius 1 is 1.33 bits per heavy atom. The van der Waals surface area contributed by atoms with Crippen molar-refractivity contribution < 1.29 is 9.21 Å². The van der Waals surface area contributed by atoms with Crippen LogP contribution in [-0.2, 0) is 11.3 Å². The van der Waals surface area contributed by atoms with Gasteiger partial charge in [-0.3, -0.25) is 4.79 Å². The second kappa shape index (κ2) is 7.50. The molecule has 0 bridgehead atoms. The minimum Gasteiger partial charge on any atom is -0.472 e. The molecule has 5 nitrogen and oxygen atoms in total. The van der Waals surface area contributed by atoms with E-state index in [1.807, 2.05) is 25.2 Å².